The number of amides is 1. The van der Waals surface area contributed by atoms with E-state index in [0.717, 1.165) is 12.1 Å². The van der Waals surface area contributed by atoms with Gasteiger partial charge in [0.1, 0.15) is 5.82 Å². The number of nitrogens with zero attached hydrogens (tertiary/aromatic N) is 2. The summed E-state index contributed by atoms with van der Waals surface area (Å²) in [5, 5.41) is 6.07. The molecule has 0 saturated carbocycles. The van der Waals surface area contributed by atoms with Crippen molar-refractivity contribution in [3.05, 3.63) is 71.4 Å². The molecule has 9 heteroatoms. The Morgan fingerprint density at radius 1 is 1.12 bits per heavy atom. The highest BCUT2D eigenvalue weighted by molar-refractivity contribution is 5.89. The third-order valence-electron chi connectivity index (χ3n) is 3.43. The van der Waals surface area contributed by atoms with E-state index in [1.165, 1.54) is 30.3 Å². The molecule has 0 unspecified atom stereocenters. The maximum absolute atomic E-state index is 13.1. The first-order chi connectivity index (χ1) is 12.3. The monoisotopic (exact) mass is 365 g/mol. The average molecular weight is 365 g/mol. The molecule has 1 heterocycles. The fourth-order valence-electron chi connectivity index (χ4n) is 2.15. The third kappa shape index (κ3) is 4.05. The summed E-state index contributed by atoms with van der Waals surface area (Å²) in [4.78, 5) is 15.8. The summed E-state index contributed by atoms with van der Waals surface area (Å²) >= 11 is 0. The first-order valence-corrected chi connectivity index (χ1v) is 7.37. The van der Waals surface area contributed by atoms with Gasteiger partial charge in [-0.3, -0.25) is 4.79 Å². The molecular weight excluding hydrogens is 354 g/mol. The Bertz CT molecular complexity index is 920. The SMILES string of the molecule is O=C(NCc1cccc(F)c1)c1nc(-c2ccc(C(F)(F)F)cc2)no1. The van der Waals surface area contributed by atoms with Crippen LogP contribution in [0.5, 0.6) is 0 Å². The molecule has 26 heavy (non-hydrogen) atoms. The number of benzene rings is 2. The van der Waals surface area contributed by atoms with Gasteiger partial charge in [0.05, 0.1) is 5.56 Å². The normalized spacial score (nSPS) is 11.4. The van der Waals surface area contributed by atoms with Gasteiger partial charge in [0, 0.05) is 12.1 Å². The molecule has 0 aliphatic heterocycles. The van der Waals surface area contributed by atoms with E-state index >= 15 is 0 Å². The van der Waals surface area contributed by atoms with Crippen LogP contribution in [0.4, 0.5) is 17.6 Å². The second-order valence-electron chi connectivity index (χ2n) is 5.31. The zero-order chi connectivity index (χ0) is 18.7. The number of carbonyl (C=O) groups excluding carboxylic acids is 1. The fraction of sp³-hybridized carbons (Fsp3) is 0.118. The van der Waals surface area contributed by atoms with E-state index in [4.69, 9.17) is 4.52 Å². The molecule has 3 rings (SSSR count). The molecule has 0 aliphatic carbocycles. The number of alkyl halides is 3. The van der Waals surface area contributed by atoms with Gasteiger partial charge in [-0.25, -0.2) is 4.39 Å². The number of hydrogen-bond donors (Lipinski definition) is 1. The molecule has 0 saturated heterocycles. The molecule has 0 atom stereocenters. The van der Waals surface area contributed by atoms with Crippen molar-refractivity contribution in [3.63, 3.8) is 0 Å². The number of halogens is 4. The van der Waals surface area contributed by atoms with Crippen molar-refractivity contribution < 1.29 is 26.9 Å². The van der Waals surface area contributed by atoms with Crippen LogP contribution >= 0.6 is 0 Å². The third-order valence-corrected chi connectivity index (χ3v) is 3.43. The maximum Gasteiger partial charge on any atom is 0.416 e. The van der Waals surface area contributed by atoms with Crippen LogP contribution in [-0.2, 0) is 12.7 Å². The summed E-state index contributed by atoms with van der Waals surface area (Å²) in [6, 6.07) is 9.81. The molecule has 0 aliphatic rings. The summed E-state index contributed by atoms with van der Waals surface area (Å²) in [6.07, 6.45) is -4.45. The highest BCUT2D eigenvalue weighted by Crippen LogP contribution is 2.30. The molecule has 0 fully saturated rings. The Kier molecular flexibility index (Phi) is 4.70. The number of rotatable bonds is 4. The van der Waals surface area contributed by atoms with Crippen LogP contribution in [0.15, 0.2) is 53.1 Å². The van der Waals surface area contributed by atoms with Crippen LogP contribution in [0, 0.1) is 5.82 Å². The van der Waals surface area contributed by atoms with Crippen LogP contribution in [-0.4, -0.2) is 16.0 Å². The molecule has 2 aromatic carbocycles. The van der Waals surface area contributed by atoms with Crippen molar-refractivity contribution in [2.75, 3.05) is 0 Å². The molecule has 1 aromatic heterocycles. The zero-order valence-corrected chi connectivity index (χ0v) is 13.0. The minimum atomic E-state index is -4.45. The zero-order valence-electron chi connectivity index (χ0n) is 13.0. The Morgan fingerprint density at radius 3 is 2.50 bits per heavy atom. The standard InChI is InChI=1S/C17H11F4N3O2/c18-13-3-1-2-10(8-13)9-22-15(25)16-23-14(24-26-16)11-4-6-12(7-5-11)17(19,20)21/h1-8H,9H2,(H,22,25). The van der Waals surface area contributed by atoms with Crippen molar-refractivity contribution in [2.45, 2.75) is 12.7 Å². The second-order valence-corrected chi connectivity index (χ2v) is 5.31. The second kappa shape index (κ2) is 6.95. The molecule has 1 amide bonds. The van der Waals surface area contributed by atoms with Crippen molar-refractivity contribution in [1.82, 2.24) is 15.5 Å². The summed E-state index contributed by atoms with van der Waals surface area (Å²) in [5.41, 5.74) is 0.00423. The van der Waals surface area contributed by atoms with Gasteiger partial charge in [-0.05, 0) is 29.8 Å². The highest BCUT2D eigenvalue weighted by atomic mass is 19.4. The lowest BCUT2D eigenvalue weighted by molar-refractivity contribution is -0.137. The minimum absolute atomic E-state index is 0.0189. The van der Waals surface area contributed by atoms with Crippen molar-refractivity contribution in [2.24, 2.45) is 0 Å². The van der Waals surface area contributed by atoms with E-state index in [2.05, 4.69) is 15.5 Å². The van der Waals surface area contributed by atoms with E-state index in [9.17, 15) is 22.4 Å². The van der Waals surface area contributed by atoms with Gasteiger partial charge >= 0.3 is 18.0 Å². The lowest BCUT2D eigenvalue weighted by atomic mass is 10.1. The minimum Gasteiger partial charge on any atom is -0.344 e. The smallest absolute Gasteiger partial charge is 0.344 e. The van der Waals surface area contributed by atoms with Crippen molar-refractivity contribution in [1.29, 1.82) is 0 Å². The lowest BCUT2D eigenvalue weighted by Gasteiger charge is -2.05. The van der Waals surface area contributed by atoms with Crippen LogP contribution < -0.4 is 5.32 Å². The molecule has 0 bridgehead atoms. The summed E-state index contributed by atoms with van der Waals surface area (Å²) in [6.45, 7) is 0.0502. The molecule has 1 N–H and O–H groups in total. The number of carbonyl (C=O) groups is 1. The number of nitrogens with one attached hydrogen (secondary N) is 1. The van der Waals surface area contributed by atoms with E-state index < -0.39 is 23.5 Å². The molecule has 5 nitrogen and oxygen atoms in total. The fourth-order valence-corrected chi connectivity index (χ4v) is 2.15. The summed E-state index contributed by atoms with van der Waals surface area (Å²) < 4.78 is 55.6. The van der Waals surface area contributed by atoms with Gasteiger partial charge in [0.25, 0.3) is 0 Å². The average Bonchev–Trinajstić information content (AvgIpc) is 3.09. The summed E-state index contributed by atoms with van der Waals surface area (Å²) in [7, 11) is 0. The molecule has 134 valence electrons. The Hall–Kier alpha value is -3.23. The van der Waals surface area contributed by atoms with Gasteiger partial charge in [-0.1, -0.05) is 29.4 Å². The van der Waals surface area contributed by atoms with Crippen LogP contribution in [0.2, 0.25) is 0 Å². The first kappa shape index (κ1) is 17.6. The van der Waals surface area contributed by atoms with Gasteiger partial charge < -0.3 is 9.84 Å². The van der Waals surface area contributed by atoms with Gasteiger partial charge in [0.2, 0.25) is 5.82 Å². The van der Waals surface area contributed by atoms with E-state index in [1.54, 1.807) is 6.07 Å². The van der Waals surface area contributed by atoms with Crippen molar-refractivity contribution >= 4 is 5.91 Å². The largest absolute Gasteiger partial charge is 0.416 e. The van der Waals surface area contributed by atoms with E-state index in [-0.39, 0.29) is 23.8 Å². The van der Waals surface area contributed by atoms with Gasteiger partial charge in [-0.2, -0.15) is 18.2 Å². The van der Waals surface area contributed by atoms with E-state index in [1.807, 2.05) is 0 Å². The highest BCUT2D eigenvalue weighted by Gasteiger charge is 2.30. The quantitative estimate of drug-likeness (QED) is 0.714. The van der Waals surface area contributed by atoms with Crippen LogP contribution in [0.3, 0.4) is 0 Å². The van der Waals surface area contributed by atoms with Gasteiger partial charge in [-0.15, -0.1) is 0 Å². The molecule has 0 spiro atoms. The molecule has 3 aromatic rings. The molecule has 0 radical (unpaired) electrons. The Morgan fingerprint density at radius 2 is 1.85 bits per heavy atom. The lowest BCUT2D eigenvalue weighted by Crippen LogP contribution is -2.23. The Balaban J connectivity index is 1.68. The topological polar surface area (TPSA) is 68.0 Å². The van der Waals surface area contributed by atoms with Gasteiger partial charge in [0.15, 0.2) is 0 Å². The van der Waals surface area contributed by atoms with Crippen LogP contribution in [0.25, 0.3) is 11.4 Å². The van der Waals surface area contributed by atoms with Crippen molar-refractivity contribution in [3.8, 4) is 11.4 Å². The Labute approximate surface area is 144 Å². The van der Waals surface area contributed by atoms with Crippen LogP contribution in [0.1, 0.15) is 21.8 Å². The predicted octanol–water partition coefficient (Wildman–Crippen LogP) is 3.82. The maximum atomic E-state index is 13.1. The number of aromatic nitrogens is 2. The summed E-state index contributed by atoms with van der Waals surface area (Å²) in [5.74, 6) is -1.48. The molecular formula is C17H11F4N3O2. The first-order valence-electron chi connectivity index (χ1n) is 7.37. The van der Waals surface area contributed by atoms with E-state index in [0.29, 0.717) is 5.56 Å². The number of hydrogen-bond acceptors (Lipinski definition) is 4. The predicted molar refractivity (Wildman–Crippen MR) is 82.3 cm³/mol.